The van der Waals surface area contributed by atoms with E-state index in [1.807, 2.05) is 29.6 Å². The highest BCUT2D eigenvalue weighted by atomic mass is 79.9. The lowest BCUT2D eigenvalue weighted by Crippen LogP contribution is -2.18. The molecule has 3 rings (SSSR count). The van der Waals surface area contributed by atoms with Crippen molar-refractivity contribution in [2.24, 2.45) is 5.92 Å². The van der Waals surface area contributed by atoms with E-state index in [-0.39, 0.29) is 36.4 Å². The largest absolute Gasteiger partial charge is 0.462 e. The van der Waals surface area contributed by atoms with Crippen LogP contribution in [0.5, 0.6) is 0 Å². The first-order chi connectivity index (χ1) is 13.3. The number of nitrogens with one attached hydrogen (secondary N) is 1. The molecule has 2 aromatic rings. The molecule has 1 saturated heterocycles. The molecule has 1 aromatic carbocycles. The summed E-state index contributed by atoms with van der Waals surface area (Å²) < 4.78 is 29.3. The van der Waals surface area contributed by atoms with Crippen LogP contribution in [0.3, 0.4) is 0 Å². The second-order valence-electron chi connectivity index (χ2n) is 6.60. The first kappa shape index (κ1) is 21.0. The first-order valence-electron chi connectivity index (χ1n) is 8.84. The third-order valence-corrected chi connectivity index (χ3v) is 7.74. The number of amides is 1. The zero-order valence-electron chi connectivity index (χ0n) is 15.2. The van der Waals surface area contributed by atoms with Gasteiger partial charge in [0.1, 0.15) is 10.6 Å². The molecule has 0 saturated carbocycles. The summed E-state index contributed by atoms with van der Waals surface area (Å²) in [6.07, 6.45) is 0.613. The van der Waals surface area contributed by atoms with Crippen molar-refractivity contribution >= 4 is 54.0 Å². The number of hydrogen-bond acceptors (Lipinski definition) is 6. The predicted octanol–water partition coefficient (Wildman–Crippen LogP) is 4.12. The van der Waals surface area contributed by atoms with E-state index in [9.17, 15) is 18.0 Å². The fraction of sp³-hybridized carbons (Fsp3) is 0.368. The van der Waals surface area contributed by atoms with Gasteiger partial charge in [-0.1, -0.05) is 28.1 Å². The Morgan fingerprint density at radius 1 is 1.29 bits per heavy atom. The van der Waals surface area contributed by atoms with E-state index < -0.39 is 15.8 Å². The minimum Gasteiger partial charge on any atom is -0.462 e. The third-order valence-electron chi connectivity index (χ3n) is 4.48. The number of esters is 1. The predicted molar refractivity (Wildman–Crippen MR) is 113 cm³/mol. The molecular formula is C19H20BrNO5S2. The van der Waals surface area contributed by atoms with Crippen LogP contribution >= 0.6 is 27.3 Å². The molecule has 0 bridgehead atoms. The number of ether oxygens (including phenoxy) is 1. The van der Waals surface area contributed by atoms with Crippen LogP contribution in [0.25, 0.3) is 11.1 Å². The number of carbonyl (C=O) groups excluding carboxylic acids is 2. The van der Waals surface area contributed by atoms with Gasteiger partial charge in [-0.25, -0.2) is 13.2 Å². The van der Waals surface area contributed by atoms with Crippen LogP contribution in [0.2, 0.25) is 0 Å². The lowest BCUT2D eigenvalue weighted by atomic mass is 10.0. The number of anilines is 1. The van der Waals surface area contributed by atoms with Gasteiger partial charge in [-0.15, -0.1) is 11.3 Å². The average molecular weight is 486 g/mol. The van der Waals surface area contributed by atoms with E-state index in [1.54, 1.807) is 6.92 Å². The minimum absolute atomic E-state index is 0.0414. The standard InChI is InChI=1S/C19H20BrNO5S2/c1-2-26-19(23)17-15(13-3-5-14(20)6-4-13)10-27-18(17)21-16(22)9-12-7-8-28(24,25)11-12/h3-6,10,12H,2,7-9,11H2,1H3,(H,21,22). The Labute approximate surface area is 176 Å². The molecule has 6 nitrogen and oxygen atoms in total. The molecule has 0 radical (unpaired) electrons. The summed E-state index contributed by atoms with van der Waals surface area (Å²) >= 11 is 4.64. The van der Waals surface area contributed by atoms with Gasteiger partial charge in [-0.05, 0) is 37.0 Å². The van der Waals surface area contributed by atoms with E-state index in [0.717, 1.165) is 10.0 Å². The number of carbonyl (C=O) groups is 2. The second-order valence-corrected chi connectivity index (χ2v) is 10.6. The van der Waals surface area contributed by atoms with Crippen LogP contribution in [-0.2, 0) is 19.4 Å². The summed E-state index contributed by atoms with van der Waals surface area (Å²) in [5.74, 6) is -0.801. The molecule has 1 fully saturated rings. The molecule has 0 aliphatic carbocycles. The van der Waals surface area contributed by atoms with Crippen molar-refractivity contribution in [3.8, 4) is 11.1 Å². The molecule has 150 valence electrons. The summed E-state index contributed by atoms with van der Waals surface area (Å²) in [4.78, 5) is 25.0. The van der Waals surface area contributed by atoms with Crippen LogP contribution in [0.4, 0.5) is 5.00 Å². The molecule has 1 aromatic heterocycles. The van der Waals surface area contributed by atoms with Gasteiger partial charge in [0.25, 0.3) is 0 Å². The highest BCUT2D eigenvalue weighted by Gasteiger charge is 2.30. The number of sulfone groups is 1. The number of thiophene rings is 1. The Morgan fingerprint density at radius 2 is 2.00 bits per heavy atom. The highest BCUT2D eigenvalue weighted by Crippen LogP contribution is 2.37. The molecule has 1 atom stereocenters. The van der Waals surface area contributed by atoms with Gasteiger partial charge < -0.3 is 10.1 Å². The maximum Gasteiger partial charge on any atom is 0.341 e. The molecule has 1 N–H and O–H groups in total. The normalized spacial score (nSPS) is 18.0. The van der Waals surface area contributed by atoms with Gasteiger partial charge in [0.15, 0.2) is 9.84 Å². The zero-order chi connectivity index (χ0) is 20.3. The summed E-state index contributed by atoms with van der Waals surface area (Å²) in [6, 6.07) is 7.51. The van der Waals surface area contributed by atoms with Crippen LogP contribution < -0.4 is 5.32 Å². The van der Waals surface area contributed by atoms with Crippen molar-refractivity contribution in [1.82, 2.24) is 0 Å². The third kappa shape index (κ3) is 5.01. The Balaban J connectivity index is 1.83. The lowest BCUT2D eigenvalue weighted by Gasteiger charge is -2.10. The molecular weight excluding hydrogens is 466 g/mol. The summed E-state index contributed by atoms with van der Waals surface area (Å²) in [7, 11) is -3.03. The molecule has 1 aliphatic rings. The zero-order valence-corrected chi connectivity index (χ0v) is 18.5. The maximum absolute atomic E-state index is 12.5. The number of rotatable bonds is 6. The Kier molecular flexibility index (Phi) is 6.57. The van der Waals surface area contributed by atoms with Crippen LogP contribution in [0, 0.1) is 5.92 Å². The molecule has 0 spiro atoms. The number of hydrogen-bond donors (Lipinski definition) is 1. The average Bonchev–Trinajstić information content (AvgIpc) is 3.18. The van der Waals surface area contributed by atoms with E-state index in [0.29, 0.717) is 22.5 Å². The van der Waals surface area contributed by atoms with E-state index in [1.165, 1.54) is 11.3 Å². The molecule has 28 heavy (non-hydrogen) atoms. The SMILES string of the molecule is CCOC(=O)c1c(-c2ccc(Br)cc2)csc1NC(=O)CC1CCS(=O)(=O)C1. The van der Waals surface area contributed by atoms with Crippen molar-refractivity contribution in [2.45, 2.75) is 19.8 Å². The highest BCUT2D eigenvalue weighted by molar-refractivity contribution is 9.10. The molecule has 1 aliphatic heterocycles. The van der Waals surface area contributed by atoms with E-state index >= 15 is 0 Å². The Hall–Kier alpha value is -1.71. The quantitative estimate of drug-likeness (QED) is 0.621. The minimum atomic E-state index is -3.03. The number of benzene rings is 1. The van der Waals surface area contributed by atoms with Gasteiger partial charge in [0.2, 0.25) is 5.91 Å². The Bertz CT molecular complexity index is 982. The Morgan fingerprint density at radius 3 is 2.61 bits per heavy atom. The van der Waals surface area contributed by atoms with Crippen LogP contribution in [0.15, 0.2) is 34.1 Å². The van der Waals surface area contributed by atoms with Crippen LogP contribution in [0.1, 0.15) is 30.1 Å². The monoisotopic (exact) mass is 485 g/mol. The first-order valence-corrected chi connectivity index (χ1v) is 12.3. The summed E-state index contributed by atoms with van der Waals surface area (Å²) in [6.45, 7) is 1.95. The fourth-order valence-electron chi connectivity index (χ4n) is 3.17. The molecule has 1 unspecified atom stereocenters. The lowest BCUT2D eigenvalue weighted by molar-refractivity contribution is -0.116. The van der Waals surface area contributed by atoms with E-state index in [2.05, 4.69) is 21.2 Å². The van der Waals surface area contributed by atoms with Crippen molar-refractivity contribution in [1.29, 1.82) is 0 Å². The van der Waals surface area contributed by atoms with Crippen molar-refractivity contribution in [2.75, 3.05) is 23.4 Å². The maximum atomic E-state index is 12.5. The van der Waals surface area contributed by atoms with Gasteiger partial charge in [0, 0.05) is 21.8 Å². The van der Waals surface area contributed by atoms with Crippen molar-refractivity contribution in [3.63, 3.8) is 0 Å². The van der Waals surface area contributed by atoms with Crippen LogP contribution in [-0.4, -0.2) is 38.4 Å². The fourth-order valence-corrected chi connectivity index (χ4v) is 6.27. The van der Waals surface area contributed by atoms with Crippen molar-refractivity contribution in [3.05, 3.63) is 39.7 Å². The van der Waals surface area contributed by atoms with Gasteiger partial charge >= 0.3 is 5.97 Å². The number of halogens is 1. The summed E-state index contributed by atoms with van der Waals surface area (Å²) in [5.41, 5.74) is 1.85. The summed E-state index contributed by atoms with van der Waals surface area (Å²) in [5, 5.41) is 5.01. The second kappa shape index (κ2) is 8.75. The van der Waals surface area contributed by atoms with Crippen molar-refractivity contribution < 1.29 is 22.7 Å². The topological polar surface area (TPSA) is 89.5 Å². The van der Waals surface area contributed by atoms with Gasteiger partial charge in [0.05, 0.1) is 18.1 Å². The molecule has 9 heteroatoms. The molecule has 1 amide bonds. The van der Waals surface area contributed by atoms with E-state index in [4.69, 9.17) is 4.74 Å². The van der Waals surface area contributed by atoms with Gasteiger partial charge in [-0.2, -0.15) is 0 Å². The smallest absolute Gasteiger partial charge is 0.341 e. The molecule has 2 heterocycles. The van der Waals surface area contributed by atoms with Gasteiger partial charge in [-0.3, -0.25) is 4.79 Å².